The van der Waals surface area contributed by atoms with Crippen LogP contribution in [0.3, 0.4) is 0 Å². The summed E-state index contributed by atoms with van der Waals surface area (Å²) in [6, 6.07) is 9.85. The summed E-state index contributed by atoms with van der Waals surface area (Å²) in [5.74, 6) is -0.380. The predicted octanol–water partition coefficient (Wildman–Crippen LogP) is 3.14. The highest BCUT2D eigenvalue weighted by atomic mass is 16.5. The highest BCUT2D eigenvalue weighted by Crippen LogP contribution is 2.27. The molecule has 4 heteroatoms. The van der Waals surface area contributed by atoms with Crippen LogP contribution in [0.15, 0.2) is 30.3 Å². The van der Waals surface area contributed by atoms with Crippen LogP contribution in [0.1, 0.15) is 39.7 Å². The van der Waals surface area contributed by atoms with Crippen LogP contribution in [0, 0.1) is 5.41 Å². The fourth-order valence-corrected chi connectivity index (χ4v) is 1.95. The van der Waals surface area contributed by atoms with Gasteiger partial charge in [-0.15, -0.1) is 0 Å². The van der Waals surface area contributed by atoms with Crippen molar-refractivity contribution in [3.8, 4) is 0 Å². The van der Waals surface area contributed by atoms with Gasteiger partial charge < -0.3 is 9.47 Å². The second-order valence-corrected chi connectivity index (χ2v) is 5.70. The van der Waals surface area contributed by atoms with Crippen LogP contribution in [0.2, 0.25) is 0 Å². The molecule has 0 fully saturated rings. The van der Waals surface area contributed by atoms with Crippen molar-refractivity contribution < 1.29 is 19.1 Å². The van der Waals surface area contributed by atoms with Crippen molar-refractivity contribution in [2.24, 2.45) is 5.41 Å². The Morgan fingerprint density at radius 2 is 1.76 bits per heavy atom. The monoisotopic (exact) mass is 292 g/mol. The number of carbonyl (C=O) groups is 2. The minimum atomic E-state index is -0.707. The number of rotatable bonds is 8. The highest BCUT2D eigenvalue weighted by molar-refractivity contribution is 5.82. The molecule has 116 valence electrons. The van der Waals surface area contributed by atoms with E-state index in [4.69, 9.17) is 9.47 Å². The Hall–Kier alpha value is -1.68. The lowest BCUT2D eigenvalue weighted by Gasteiger charge is -2.31. The average molecular weight is 292 g/mol. The number of hydrogen-bond donors (Lipinski definition) is 0. The maximum Gasteiger partial charge on any atom is 0.302 e. The molecule has 4 nitrogen and oxygen atoms in total. The first-order valence-electron chi connectivity index (χ1n) is 7.14. The van der Waals surface area contributed by atoms with Gasteiger partial charge in [-0.3, -0.25) is 9.59 Å². The summed E-state index contributed by atoms with van der Waals surface area (Å²) in [6.07, 6.45) is 0.0298. The zero-order valence-electron chi connectivity index (χ0n) is 13.2. The molecule has 0 unspecified atom stereocenters. The lowest BCUT2D eigenvalue weighted by molar-refractivity contribution is -0.157. The van der Waals surface area contributed by atoms with E-state index in [0.29, 0.717) is 19.6 Å². The molecule has 0 N–H and O–H groups in total. The Morgan fingerprint density at radius 1 is 1.14 bits per heavy atom. The number of hydrogen-bond acceptors (Lipinski definition) is 4. The molecule has 0 saturated heterocycles. The molecule has 1 aromatic carbocycles. The van der Waals surface area contributed by atoms with Crippen LogP contribution in [0.4, 0.5) is 0 Å². The number of ketones is 1. The summed E-state index contributed by atoms with van der Waals surface area (Å²) >= 11 is 0. The van der Waals surface area contributed by atoms with Crippen LogP contribution in [-0.2, 0) is 25.7 Å². The van der Waals surface area contributed by atoms with Crippen LogP contribution >= 0.6 is 0 Å². The Labute approximate surface area is 126 Å². The second-order valence-electron chi connectivity index (χ2n) is 5.70. The van der Waals surface area contributed by atoms with Gasteiger partial charge in [-0.1, -0.05) is 30.3 Å². The van der Waals surface area contributed by atoms with Gasteiger partial charge in [0.2, 0.25) is 0 Å². The number of ether oxygens (including phenoxy) is 2. The van der Waals surface area contributed by atoms with Gasteiger partial charge in [0.05, 0.1) is 18.6 Å². The smallest absolute Gasteiger partial charge is 0.302 e. The predicted molar refractivity (Wildman–Crippen MR) is 80.7 cm³/mol. The van der Waals surface area contributed by atoms with E-state index >= 15 is 0 Å². The lowest BCUT2D eigenvalue weighted by atomic mass is 9.81. The summed E-state index contributed by atoms with van der Waals surface area (Å²) in [5, 5.41) is 0. The molecule has 1 aromatic rings. The third kappa shape index (κ3) is 5.68. The first-order valence-corrected chi connectivity index (χ1v) is 7.14. The maximum absolute atomic E-state index is 11.7. The summed E-state index contributed by atoms with van der Waals surface area (Å²) in [5.41, 5.74) is 0.384. The molecule has 0 aliphatic rings. The fourth-order valence-electron chi connectivity index (χ4n) is 1.95. The van der Waals surface area contributed by atoms with Gasteiger partial charge in [-0.05, 0) is 26.3 Å². The summed E-state index contributed by atoms with van der Waals surface area (Å²) in [4.78, 5) is 22.9. The normalized spacial score (nSPS) is 12.8. The third-order valence-electron chi connectivity index (χ3n) is 3.66. The van der Waals surface area contributed by atoms with E-state index in [1.165, 1.54) is 13.8 Å². The van der Waals surface area contributed by atoms with Crippen molar-refractivity contribution in [3.63, 3.8) is 0 Å². The summed E-state index contributed by atoms with van der Waals surface area (Å²) in [7, 11) is 0. The highest BCUT2D eigenvalue weighted by Gasteiger charge is 2.36. The maximum atomic E-state index is 11.7. The van der Waals surface area contributed by atoms with E-state index in [0.717, 1.165) is 5.56 Å². The Bertz CT molecular complexity index is 465. The Kier molecular flexibility index (Phi) is 6.56. The first kappa shape index (κ1) is 17.4. The topological polar surface area (TPSA) is 52.6 Å². The van der Waals surface area contributed by atoms with E-state index in [1.807, 2.05) is 30.3 Å². The number of benzene rings is 1. The number of esters is 1. The summed E-state index contributed by atoms with van der Waals surface area (Å²) < 4.78 is 10.9. The van der Waals surface area contributed by atoms with Gasteiger partial charge in [-0.2, -0.15) is 0 Å². The molecule has 0 aliphatic carbocycles. The van der Waals surface area contributed by atoms with Gasteiger partial charge in [-0.25, -0.2) is 0 Å². The van der Waals surface area contributed by atoms with Gasteiger partial charge in [0.15, 0.2) is 0 Å². The largest absolute Gasteiger partial charge is 0.461 e. The fraction of sp³-hybridized carbons (Fsp3) is 0.529. The Morgan fingerprint density at radius 3 is 2.29 bits per heavy atom. The van der Waals surface area contributed by atoms with Crippen molar-refractivity contribution in [1.82, 2.24) is 0 Å². The minimum absolute atomic E-state index is 0.00295. The molecule has 0 amide bonds. The van der Waals surface area contributed by atoms with E-state index in [1.54, 1.807) is 13.8 Å². The van der Waals surface area contributed by atoms with Crippen molar-refractivity contribution in [2.45, 2.75) is 46.8 Å². The van der Waals surface area contributed by atoms with Crippen molar-refractivity contribution in [1.29, 1.82) is 0 Å². The van der Waals surface area contributed by atoms with Crippen LogP contribution in [0.25, 0.3) is 0 Å². The standard InChI is InChI=1S/C17H24O4/c1-13(18)17(3,4)16(21-14(2)19)10-11-20-12-15-8-6-5-7-9-15/h5-9,16H,10-12H2,1-4H3/t16-/m1/s1. The minimum Gasteiger partial charge on any atom is -0.461 e. The van der Waals surface area contributed by atoms with Crippen molar-refractivity contribution >= 4 is 11.8 Å². The molecule has 0 saturated carbocycles. The molecule has 0 radical (unpaired) electrons. The van der Waals surface area contributed by atoms with E-state index in [2.05, 4.69) is 0 Å². The molecule has 21 heavy (non-hydrogen) atoms. The quantitative estimate of drug-likeness (QED) is 0.545. The van der Waals surface area contributed by atoms with Gasteiger partial charge in [0, 0.05) is 13.3 Å². The molecule has 0 aliphatic heterocycles. The van der Waals surface area contributed by atoms with Gasteiger partial charge in [0.1, 0.15) is 11.9 Å². The van der Waals surface area contributed by atoms with E-state index in [-0.39, 0.29) is 11.8 Å². The SMILES string of the molecule is CC(=O)O[C@H](CCOCc1ccccc1)C(C)(C)C(C)=O. The van der Waals surface area contributed by atoms with E-state index in [9.17, 15) is 9.59 Å². The molecular weight excluding hydrogens is 268 g/mol. The average Bonchev–Trinajstić information content (AvgIpc) is 2.42. The first-order chi connectivity index (χ1) is 9.84. The third-order valence-corrected chi connectivity index (χ3v) is 3.66. The lowest BCUT2D eigenvalue weighted by Crippen LogP contribution is -2.39. The number of Topliss-reactive ketones (excluding diaryl/α,β-unsaturated/α-hetero) is 1. The zero-order valence-corrected chi connectivity index (χ0v) is 13.2. The molecule has 0 bridgehead atoms. The molecule has 1 atom stereocenters. The molecule has 0 spiro atoms. The molecule has 1 rings (SSSR count). The zero-order chi connectivity index (χ0) is 15.9. The molecule has 0 aromatic heterocycles. The number of carbonyl (C=O) groups excluding carboxylic acids is 2. The summed E-state index contributed by atoms with van der Waals surface area (Å²) in [6.45, 7) is 7.40. The van der Waals surface area contributed by atoms with Gasteiger partial charge in [0.25, 0.3) is 0 Å². The van der Waals surface area contributed by atoms with Crippen LogP contribution in [0.5, 0.6) is 0 Å². The second kappa shape index (κ2) is 7.93. The Balaban J connectivity index is 2.50. The van der Waals surface area contributed by atoms with Gasteiger partial charge >= 0.3 is 5.97 Å². The molecular formula is C17H24O4. The van der Waals surface area contributed by atoms with Crippen molar-refractivity contribution in [2.75, 3.05) is 6.61 Å². The molecule has 0 heterocycles. The van der Waals surface area contributed by atoms with Crippen LogP contribution < -0.4 is 0 Å². The van der Waals surface area contributed by atoms with Crippen molar-refractivity contribution in [3.05, 3.63) is 35.9 Å². The van der Waals surface area contributed by atoms with Crippen LogP contribution in [-0.4, -0.2) is 24.5 Å². The van der Waals surface area contributed by atoms with E-state index < -0.39 is 11.5 Å².